The summed E-state index contributed by atoms with van der Waals surface area (Å²) >= 11 is 0. The number of aryl methyl sites for hydroxylation is 1. The Hall–Kier alpha value is -3.28. The summed E-state index contributed by atoms with van der Waals surface area (Å²) in [5, 5.41) is 0. The van der Waals surface area contributed by atoms with E-state index in [2.05, 4.69) is 14.9 Å². The van der Waals surface area contributed by atoms with Crippen LogP contribution in [0.2, 0.25) is 0 Å². The molecule has 2 aliphatic rings. The minimum atomic E-state index is -0.381. The van der Waals surface area contributed by atoms with Gasteiger partial charge in [0.05, 0.1) is 12.8 Å². The van der Waals surface area contributed by atoms with Crippen LogP contribution in [0.1, 0.15) is 41.6 Å². The molecule has 4 heterocycles. The highest BCUT2D eigenvalue weighted by atomic mass is 19.1. The van der Waals surface area contributed by atoms with Gasteiger partial charge in [0.2, 0.25) is 5.88 Å². The van der Waals surface area contributed by atoms with Crippen molar-refractivity contribution in [3.05, 3.63) is 78.0 Å². The summed E-state index contributed by atoms with van der Waals surface area (Å²) in [7, 11) is 0. The largest absolute Gasteiger partial charge is 0.477 e. The maximum atomic E-state index is 13.9. The average molecular weight is 432 g/mol. The number of halogens is 1. The Balaban J connectivity index is 1.39. The first-order valence-electron chi connectivity index (χ1n) is 11.2. The second-order valence-electron chi connectivity index (χ2n) is 8.76. The number of hydrogen-bond acceptors (Lipinski definition) is 4. The molecular weight excluding hydrogens is 405 g/mol. The van der Waals surface area contributed by atoms with Gasteiger partial charge in [0.15, 0.2) is 0 Å². The first kappa shape index (κ1) is 20.6. The Kier molecular flexibility index (Phi) is 5.60. The predicted molar refractivity (Wildman–Crippen MR) is 120 cm³/mol. The third-order valence-electron chi connectivity index (χ3n) is 6.72. The van der Waals surface area contributed by atoms with E-state index in [9.17, 15) is 9.18 Å². The minimum absolute atomic E-state index is 0.0876. The fraction of sp³-hybridized carbons (Fsp3) is 0.346. The van der Waals surface area contributed by atoms with E-state index in [-0.39, 0.29) is 29.7 Å². The Morgan fingerprint density at radius 3 is 2.78 bits per heavy atom. The topological polar surface area (TPSA) is 55.3 Å². The monoisotopic (exact) mass is 431 g/mol. The van der Waals surface area contributed by atoms with E-state index < -0.39 is 0 Å². The normalized spacial score (nSPS) is 22.1. The highest BCUT2D eigenvalue weighted by Crippen LogP contribution is 2.41. The molecule has 1 amide bonds. The lowest BCUT2D eigenvalue weighted by atomic mass is 9.89. The van der Waals surface area contributed by atoms with Gasteiger partial charge in [0.1, 0.15) is 5.82 Å². The fourth-order valence-corrected chi connectivity index (χ4v) is 5.16. The van der Waals surface area contributed by atoms with Crippen molar-refractivity contribution in [2.75, 3.05) is 6.61 Å². The third kappa shape index (κ3) is 3.97. The van der Waals surface area contributed by atoms with Gasteiger partial charge in [0.25, 0.3) is 5.91 Å². The van der Waals surface area contributed by atoms with Crippen molar-refractivity contribution in [1.82, 2.24) is 14.9 Å². The van der Waals surface area contributed by atoms with Crippen LogP contribution in [0.15, 0.2) is 61.1 Å². The molecule has 32 heavy (non-hydrogen) atoms. The van der Waals surface area contributed by atoms with Crippen LogP contribution in [-0.4, -0.2) is 39.5 Å². The SMILES string of the molecule is Cc1ccc(-c2cccnc2)c(C(=O)N2C3CCC2[C@@H](COc2ccc(F)cn2)CC3)c1. The van der Waals surface area contributed by atoms with Crippen LogP contribution in [0.4, 0.5) is 4.39 Å². The second-order valence-corrected chi connectivity index (χ2v) is 8.76. The number of hydrogen-bond donors (Lipinski definition) is 0. The molecule has 164 valence electrons. The second kappa shape index (κ2) is 8.69. The summed E-state index contributed by atoms with van der Waals surface area (Å²) in [4.78, 5) is 24.2. The molecule has 2 aromatic heterocycles. The molecule has 2 bridgehead atoms. The molecule has 5 nitrogen and oxygen atoms in total. The van der Waals surface area contributed by atoms with E-state index in [0.29, 0.717) is 12.5 Å². The number of ether oxygens (including phenoxy) is 1. The number of carbonyl (C=O) groups is 1. The highest BCUT2D eigenvalue weighted by Gasteiger charge is 2.45. The van der Waals surface area contributed by atoms with Crippen molar-refractivity contribution in [3.63, 3.8) is 0 Å². The van der Waals surface area contributed by atoms with Crippen molar-refractivity contribution < 1.29 is 13.9 Å². The summed E-state index contributed by atoms with van der Waals surface area (Å²) in [6, 6.07) is 13.2. The molecule has 0 N–H and O–H groups in total. The Morgan fingerprint density at radius 1 is 1.12 bits per heavy atom. The molecule has 6 heteroatoms. The van der Waals surface area contributed by atoms with Crippen molar-refractivity contribution in [2.24, 2.45) is 5.92 Å². The Labute approximate surface area is 187 Å². The van der Waals surface area contributed by atoms with E-state index >= 15 is 0 Å². The average Bonchev–Trinajstić information content (AvgIpc) is 3.13. The van der Waals surface area contributed by atoms with Gasteiger partial charge >= 0.3 is 0 Å². The number of carbonyl (C=O) groups excluding carboxylic acids is 1. The van der Waals surface area contributed by atoms with Gasteiger partial charge in [-0.2, -0.15) is 0 Å². The van der Waals surface area contributed by atoms with E-state index in [4.69, 9.17) is 4.74 Å². The minimum Gasteiger partial charge on any atom is -0.477 e. The van der Waals surface area contributed by atoms with Crippen LogP contribution in [0.3, 0.4) is 0 Å². The molecule has 0 spiro atoms. The molecular formula is C26H26FN3O2. The number of nitrogens with zero attached hydrogens (tertiary/aromatic N) is 3. The number of benzene rings is 1. The van der Waals surface area contributed by atoms with Crippen LogP contribution in [-0.2, 0) is 0 Å². The lowest BCUT2D eigenvalue weighted by molar-refractivity contribution is 0.0403. The van der Waals surface area contributed by atoms with Gasteiger partial charge in [0, 0.05) is 47.6 Å². The molecule has 2 unspecified atom stereocenters. The molecule has 5 rings (SSSR count). The quantitative estimate of drug-likeness (QED) is 0.567. The van der Waals surface area contributed by atoms with E-state index in [1.807, 2.05) is 37.3 Å². The smallest absolute Gasteiger partial charge is 0.255 e. The molecule has 0 radical (unpaired) electrons. The predicted octanol–water partition coefficient (Wildman–Crippen LogP) is 5.05. The van der Waals surface area contributed by atoms with Crippen LogP contribution >= 0.6 is 0 Å². The van der Waals surface area contributed by atoms with E-state index in [0.717, 1.165) is 54.1 Å². The number of rotatable bonds is 5. The molecule has 2 saturated heterocycles. The van der Waals surface area contributed by atoms with Crippen LogP contribution in [0.5, 0.6) is 5.88 Å². The molecule has 3 aromatic rings. The molecule has 3 atom stereocenters. The van der Waals surface area contributed by atoms with Gasteiger partial charge in [-0.3, -0.25) is 9.78 Å². The van der Waals surface area contributed by atoms with Gasteiger partial charge in [-0.15, -0.1) is 0 Å². The summed E-state index contributed by atoms with van der Waals surface area (Å²) in [6.45, 7) is 2.49. The zero-order valence-electron chi connectivity index (χ0n) is 18.1. The number of piperidine rings is 1. The standard InChI is InChI=1S/C26H26FN3O2/c1-17-4-9-22(18-3-2-12-28-14-18)23(13-17)26(31)30-21-7-5-19(24(30)10-8-21)16-32-25-11-6-20(27)15-29-25/h2-4,6,9,11-15,19,21,24H,5,7-8,10,16H2,1H3/t19-,21?,24?/m1/s1. The number of fused-ring (bicyclic) bond motifs is 2. The van der Waals surface area contributed by atoms with Gasteiger partial charge in [-0.1, -0.05) is 23.8 Å². The number of amides is 1. The summed E-state index contributed by atoms with van der Waals surface area (Å²) in [5.74, 6) is 0.357. The maximum Gasteiger partial charge on any atom is 0.255 e. The van der Waals surface area contributed by atoms with E-state index in [1.165, 1.54) is 6.07 Å². The third-order valence-corrected chi connectivity index (χ3v) is 6.72. The molecule has 0 saturated carbocycles. The maximum absolute atomic E-state index is 13.9. The lowest BCUT2D eigenvalue weighted by Gasteiger charge is -2.40. The summed E-state index contributed by atoms with van der Waals surface area (Å²) < 4.78 is 19.0. The Bertz CT molecular complexity index is 1100. The van der Waals surface area contributed by atoms with Crippen molar-refractivity contribution in [1.29, 1.82) is 0 Å². The summed E-state index contributed by atoms with van der Waals surface area (Å²) in [6.07, 6.45) is 8.70. The molecule has 0 aliphatic carbocycles. The van der Waals surface area contributed by atoms with E-state index in [1.54, 1.807) is 18.5 Å². The molecule has 2 aliphatic heterocycles. The first-order chi connectivity index (χ1) is 15.6. The summed E-state index contributed by atoms with van der Waals surface area (Å²) in [5.41, 5.74) is 3.66. The zero-order valence-corrected chi connectivity index (χ0v) is 18.1. The zero-order chi connectivity index (χ0) is 22.1. The van der Waals surface area contributed by atoms with Gasteiger partial charge in [-0.25, -0.2) is 9.37 Å². The molecule has 1 aromatic carbocycles. The van der Waals surface area contributed by atoms with Crippen molar-refractivity contribution in [2.45, 2.75) is 44.7 Å². The van der Waals surface area contributed by atoms with Crippen molar-refractivity contribution >= 4 is 5.91 Å². The van der Waals surface area contributed by atoms with Gasteiger partial charge < -0.3 is 9.64 Å². The van der Waals surface area contributed by atoms with Crippen LogP contribution in [0.25, 0.3) is 11.1 Å². The Morgan fingerprint density at radius 2 is 2.00 bits per heavy atom. The lowest BCUT2D eigenvalue weighted by Crippen LogP contribution is -2.49. The highest BCUT2D eigenvalue weighted by molar-refractivity contribution is 6.01. The van der Waals surface area contributed by atoms with Gasteiger partial charge in [-0.05, 0) is 56.4 Å². The molecule has 2 fully saturated rings. The van der Waals surface area contributed by atoms with Crippen LogP contribution in [0, 0.1) is 18.7 Å². The van der Waals surface area contributed by atoms with Crippen LogP contribution < -0.4 is 4.74 Å². The first-order valence-corrected chi connectivity index (χ1v) is 11.2. The number of pyridine rings is 2. The fourth-order valence-electron chi connectivity index (χ4n) is 5.16. The number of aromatic nitrogens is 2. The van der Waals surface area contributed by atoms with Crippen molar-refractivity contribution in [3.8, 4) is 17.0 Å².